The van der Waals surface area contributed by atoms with Crippen LogP contribution in [0, 0.1) is 17.0 Å². The predicted molar refractivity (Wildman–Crippen MR) is 65.6 cm³/mol. The quantitative estimate of drug-likeness (QED) is 0.625. The summed E-state index contributed by atoms with van der Waals surface area (Å²) in [5.74, 6) is -0.105. The van der Waals surface area contributed by atoms with Crippen molar-refractivity contribution in [3.8, 4) is 17.0 Å². The lowest BCUT2D eigenvalue weighted by Crippen LogP contribution is -2.09. The summed E-state index contributed by atoms with van der Waals surface area (Å²) in [6, 6.07) is 7.11. The van der Waals surface area contributed by atoms with Crippen LogP contribution in [-0.4, -0.2) is 15.0 Å². The first-order valence-electron chi connectivity index (χ1n) is 5.17. The molecule has 6 heteroatoms. The highest BCUT2D eigenvalue weighted by molar-refractivity contribution is 5.62. The zero-order valence-corrected chi connectivity index (χ0v) is 9.51. The molecule has 0 radical (unpaired) electrons. The van der Waals surface area contributed by atoms with E-state index in [0.29, 0.717) is 11.3 Å². The normalized spacial score (nSPS) is 10.3. The number of pyridine rings is 1. The van der Waals surface area contributed by atoms with Gasteiger partial charge in [0.1, 0.15) is 5.75 Å². The van der Waals surface area contributed by atoms with Gasteiger partial charge in [-0.2, -0.15) is 0 Å². The summed E-state index contributed by atoms with van der Waals surface area (Å²) < 4.78 is 0. The maximum Gasteiger partial charge on any atom is 0.269 e. The average molecular weight is 246 g/mol. The molecule has 1 aromatic heterocycles. The lowest BCUT2D eigenvalue weighted by Gasteiger charge is -2.04. The van der Waals surface area contributed by atoms with Crippen molar-refractivity contribution < 1.29 is 10.0 Å². The molecule has 0 aliphatic carbocycles. The number of rotatable bonds is 2. The van der Waals surface area contributed by atoms with E-state index in [-0.39, 0.29) is 22.6 Å². The van der Waals surface area contributed by atoms with E-state index in [1.165, 1.54) is 37.3 Å². The van der Waals surface area contributed by atoms with Crippen LogP contribution in [-0.2, 0) is 0 Å². The Kier molecular flexibility index (Phi) is 2.85. The maximum absolute atomic E-state index is 11.5. The van der Waals surface area contributed by atoms with Crippen molar-refractivity contribution in [1.82, 2.24) is 4.98 Å². The third-order valence-electron chi connectivity index (χ3n) is 2.64. The standard InChI is InChI=1S/C12H10N2O4/c1-7-11(15)6-10(13-12(7)16)8-2-4-9(5-3-8)14(17)18/h2-6H,1H3,(H2,13,15,16). The van der Waals surface area contributed by atoms with E-state index < -0.39 is 4.92 Å². The van der Waals surface area contributed by atoms with Gasteiger partial charge in [0.05, 0.1) is 16.2 Å². The van der Waals surface area contributed by atoms with Gasteiger partial charge < -0.3 is 10.1 Å². The third kappa shape index (κ3) is 2.08. The highest BCUT2D eigenvalue weighted by atomic mass is 16.6. The molecule has 1 aromatic carbocycles. The van der Waals surface area contributed by atoms with Crippen LogP contribution in [0.1, 0.15) is 5.56 Å². The number of aromatic nitrogens is 1. The molecule has 2 aromatic rings. The van der Waals surface area contributed by atoms with Crippen molar-refractivity contribution in [1.29, 1.82) is 0 Å². The van der Waals surface area contributed by atoms with E-state index in [2.05, 4.69) is 4.98 Å². The van der Waals surface area contributed by atoms with Crippen LogP contribution in [0.4, 0.5) is 5.69 Å². The number of nitrogens with one attached hydrogen (secondary N) is 1. The molecule has 1 heterocycles. The van der Waals surface area contributed by atoms with Gasteiger partial charge in [0.2, 0.25) is 0 Å². The van der Waals surface area contributed by atoms with Gasteiger partial charge in [-0.25, -0.2) is 0 Å². The minimum absolute atomic E-state index is 0.0302. The van der Waals surface area contributed by atoms with E-state index >= 15 is 0 Å². The second-order valence-electron chi connectivity index (χ2n) is 3.83. The number of aromatic hydroxyl groups is 1. The Labute approximate surface area is 102 Å². The molecular weight excluding hydrogens is 236 g/mol. The number of benzene rings is 1. The van der Waals surface area contributed by atoms with Crippen LogP contribution in [0.15, 0.2) is 35.1 Å². The largest absolute Gasteiger partial charge is 0.507 e. The van der Waals surface area contributed by atoms with Gasteiger partial charge in [-0.1, -0.05) is 0 Å². The number of H-pyrrole nitrogens is 1. The Morgan fingerprint density at radius 2 is 1.89 bits per heavy atom. The first-order valence-corrected chi connectivity index (χ1v) is 5.17. The highest BCUT2D eigenvalue weighted by Gasteiger charge is 2.08. The molecule has 0 bridgehead atoms. The summed E-state index contributed by atoms with van der Waals surface area (Å²) in [7, 11) is 0. The Hall–Kier alpha value is -2.63. The molecule has 18 heavy (non-hydrogen) atoms. The van der Waals surface area contributed by atoms with Crippen molar-refractivity contribution in [2.75, 3.05) is 0 Å². The van der Waals surface area contributed by atoms with Crippen molar-refractivity contribution >= 4 is 5.69 Å². The molecule has 0 fully saturated rings. The van der Waals surface area contributed by atoms with E-state index in [4.69, 9.17) is 0 Å². The molecule has 0 aliphatic rings. The minimum Gasteiger partial charge on any atom is -0.507 e. The molecule has 0 saturated heterocycles. The monoisotopic (exact) mass is 246 g/mol. The molecule has 2 N–H and O–H groups in total. The van der Waals surface area contributed by atoms with Crippen LogP contribution >= 0.6 is 0 Å². The Bertz CT molecular complexity index is 659. The summed E-state index contributed by atoms with van der Waals surface area (Å²) in [4.78, 5) is 24.1. The van der Waals surface area contributed by atoms with E-state index in [1.54, 1.807) is 0 Å². The third-order valence-corrected chi connectivity index (χ3v) is 2.64. The molecule has 0 spiro atoms. The Morgan fingerprint density at radius 1 is 1.28 bits per heavy atom. The van der Waals surface area contributed by atoms with Crippen molar-refractivity contribution in [2.24, 2.45) is 0 Å². The summed E-state index contributed by atoms with van der Waals surface area (Å²) >= 11 is 0. The smallest absolute Gasteiger partial charge is 0.269 e. The van der Waals surface area contributed by atoms with Gasteiger partial charge in [0.25, 0.3) is 11.2 Å². The molecular formula is C12H10N2O4. The molecule has 2 rings (SSSR count). The van der Waals surface area contributed by atoms with Gasteiger partial charge in [-0.15, -0.1) is 0 Å². The number of nitro groups is 1. The molecule has 6 nitrogen and oxygen atoms in total. The predicted octanol–water partition coefficient (Wildman–Crippen LogP) is 1.96. The van der Waals surface area contributed by atoms with Crippen molar-refractivity contribution in [2.45, 2.75) is 6.92 Å². The first-order chi connectivity index (χ1) is 8.49. The maximum atomic E-state index is 11.5. The lowest BCUT2D eigenvalue weighted by atomic mass is 10.1. The zero-order valence-electron chi connectivity index (χ0n) is 9.51. The van der Waals surface area contributed by atoms with Crippen LogP contribution in [0.2, 0.25) is 0 Å². The van der Waals surface area contributed by atoms with Crippen LogP contribution in [0.5, 0.6) is 5.75 Å². The molecule has 0 amide bonds. The second kappa shape index (κ2) is 4.33. The van der Waals surface area contributed by atoms with Gasteiger partial charge in [0, 0.05) is 18.2 Å². The van der Waals surface area contributed by atoms with Crippen molar-refractivity contribution in [3.05, 3.63) is 56.4 Å². The zero-order chi connectivity index (χ0) is 13.3. The Morgan fingerprint density at radius 3 is 2.39 bits per heavy atom. The summed E-state index contributed by atoms with van der Waals surface area (Å²) in [6.45, 7) is 1.51. The number of nitro benzene ring substituents is 1. The number of hydrogen-bond donors (Lipinski definition) is 2. The SMILES string of the molecule is Cc1c(O)cc(-c2ccc([N+](=O)[O-])cc2)[nH]c1=O. The fourth-order valence-corrected chi connectivity index (χ4v) is 1.53. The lowest BCUT2D eigenvalue weighted by molar-refractivity contribution is -0.384. The molecule has 0 aliphatic heterocycles. The topological polar surface area (TPSA) is 96.2 Å². The van der Waals surface area contributed by atoms with Gasteiger partial charge in [-0.05, 0) is 24.6 Å². The van der Waals surface area contributed by atoms with Crippen LogP contribution in [0.3, 0.4) is 0 Å². The highest BCUT2D eigenvalue weighted by Crippen LogP contribution is 2.23. The van der Waals surface area contributed by atoms with E-state index in [1.807, 2.05) is 0 Å². The second-order valence-corrected chi connectivity index (χ2v) is 3.83. The fourth-order valence-electron chi connectivity index (χ4n) is 1.53. The van der Waals surface area contributed by atoms with Gasteiger partial charge >= 0.3 is 0 Å². The minimum atomic E-state index is -0.501. The summed E-state index contributed by atoms with van der Waals surface area (Å²) in [5, 5.41) is 20.1. The van der Waals surface area contributed by atoms with Crippen molar-refractivity contribution in [3.63, 3.8) is 0 Å². The van der Waals surface area contributed by atoms with Crippen LogP contribution in [0.25, 0.3) is 11.3 Å². The van der Waals surface area contributed by atoms with Gasteiger partial charge in [0.15, 0.2) is 0 Å². The summed E-state index contributed by atoms with van der Waals surface area (Å²) in [6.07, 6.45) is 0. The van der Waals surface area contributed by atoms with Gasteiger partial charge in [-0.3, -0.25) is 14.9 Å². The number of nitrogens with zero attached hydrogens (tertiary/aromatic N) is 1. The fraction of sp³-hybridized carbons (Fsp3) is 0.0833. The molecule has 0 atom stereocenters. The molecule has 0 saturated carbocycles. The number of hydrogen-bond acceptors (Lipinski definition) is 4. The van der Waals surface area contributed by atoms with E-state index in [9.17, 15) is 20.0 Å². The molecule has 0 unspecified atom stereocenters. The van der Waals surface area contributed by atoms with Crippen LogP contribution < -0.4 is 5.56 Å². The first kappa shape index (κ1) is 11.8. The summed E-state index contributed by atoms with van der Waals surface area (Å²) in [5.41, 5.74) is 0.826. The Balaban J connectivity index is 2.49. The average Bonchev–Trinajstić information content (AvgIpc) is 2.35. The molecule has 92 valence electrons. The number of aromatic amines is 1. The number of non-ortho nitro benzene ring substituents is 1. The van der Waals surface area contributed by atoms with E-state index in [0.717, 1.165) is 0 Å².